The molecule has 0 radical (unpaired) electrons. The zero-order chi connectivity index (χ0) is 10.8. The second-order valence-corrected chi connectivity index (χ2v) is 5.27. The first kappa shape index (κ1) is 14.5. The highest BCUT2D eigenvalue weighted by atomic mass is 33.1. The van der Waals surface area contributed by atoms with Crippen LogP contribution in [-0.2, 0) is 4.74 Å². The molecule has 0 amide bonds. The Hall–Kier alpha value is 0.500. The van der Waals surface area contributed by atoms with Crippen LogP contribution in [0.25, 0.3) is 0 Å². The molecule has 14 heavy (non-hydrogen) atoms. The van der Waals surface area contributed by atoms with Gasteiger partial charge in [0.1, 0.15) is 0 Å². The normalized spacial score (nSPS) is 15.4. The van der Waals surface area contributed by atoms with Crippen LogP contribution in [0.15, 0.2) is 0 Å². The number of aliphatic hydroxyl groups excluding tert-OH is 2. The molecule has 7 heteroatoms. The summed E-state index contributed by atoms with van der Waals surface area (Å²) in [5.74, 6) is 0.607. The van der Waals surface area contributed by atoms with Crippen LogP contribution in [0.3, 0.4) is 0 Å². The van der Waals surface area contributed by atoms with E-state index >= 15 is 0 Å². The van der Waals surface area contributed by atoms with Gasteiger partial charge in [-0.1, -0.05) is 21.6 Å². The maximum absolute atomic E-state index is 9.32. The maximum atomic E-state index is 9.32. The molecule has 0 heterocycles. The molecule has 0 rings (SSSR count). The molecule has 0 saturated heterocycles. The summed E-state index contributed by atoms with van der Waals surface area (Å²) in [5.41, 5.74) is 1.84. The molecule has 0 aromatic heterocycles. The Morgan fingerprint density at radius 2 is 1.93 bits per heavy atom. The summed E-state index contributed by atoms with van der Waals surface area (Å²) in [4.78, 5) is 0. The fourth-order valence-electron chi connectivity index (χ4n) is 0.699. The minimum atomic E-state index is -0.750. The number of hydrogen-bond acceptors (Lipinski definition) is 7. The molecule has 0 aliphatic heterocycles. The van der Waals surface area contributed by atoms with Crippen molar-refractivity contribution in [1.82, 2.24) is 5.48 Å². The number of rotatable bonds is 9. The third kappa shape index (κ3) is 9.07. The Morgan fingerprint density at radius 1 is 1.29 bits per heavy atom. The molecule has 0 bridgehead atoms. The van der Waals surface area contributed by atoms with Crippen molar-refractivity contribution >= 4 is 21.6 Å². The fourth-order valence-corrected chi connectivity index (χ4v) is 1.97. The van der Waals surface area contributed by atoms with E-state index in [2.05, 4.69) is 0 Å². The lowest BCUT2D eigenvalue weighted by Crippen LogP contribution is -2.30. The monoisotopic (exact) mass is 243 g/mol. The lowest BCUT2D eigenvalue weighted by atomic mass is 10.4. The lowest BCUT2D eigenvalue weighted by Gasteiger charge is -2.12. The summed E-state index contributed by atoms with van der Waals surface area (Å²) in [6.45, 7) is 0.375. The molecule has 0 saturated carbocycles. The highest BCUT2D eigenvalue weighted by Crippen LogP contribution is 2.17. The SMILES string of the molecule is CSSCC(O)COCC(O)CNO. The summed E-state index contributed by atoms with van der Waals surface area (Å²) < 4.78 is 5.03. The van der Waals surface area contributed by atoms with Crippen LogP contribution < -0.4 is 5.48 Å². The van der Waals surface area contributed by atoms with Crippen LogP contribution in [0, 0.1) is 0 Å². The molecule has 0 spiro atoms. The molecule has 0 aliphatic rings. The van der Waals surface area contributed by atoms with Crippen molar-refractivity contribution in [3.05, 3.63) is 0 Å². The number of hydroxylamine groups is 1. The fraction of sp³-hybridized carbons (Fsp3) is 1.00. The van der Waals surface area contributed by atoms with E-state index in [1.54, 1.807) is 21.6 Å². The third-order valence-corrected chi connectivity index (χ3v) is 3.20. The first-order valence-corrected chi connectivity index (χ1v) is 6.89. The summed E-state index contributed by atoms with van der Waals surface area (Å²) in [7, 11) is 3.14. The van der Waals surface area contributed by atoms with Gasteiger partial charge in [0.05, 0.1) is 25.4 Å². The van der Waals surface area contributed by atoms with Gasteiger partial charge in [-0.05, 0) is 6.26 Å². The molecular weight excluding hydrogens is 226 g/mol. The van der Waals surface area contributed by atoms with Crippen molar-refractivity contribution < 1.29 is 20.2 Å². The van der Waals surface area contributed by atoms with Crippen LogP contribution in [0.5, 0.6) is 0 Å². The van der Waals surface area contributed by atoms with Crippen LogP contribution >= 0.6 is 21.6 Å². The first-order chi connectivity index (χ1) is 6.70. The zero-order valence-electron chi connectivity index (χ0n) is 8.05. The zero-order valence-corrected chi connectivity index (χ0v) is 9.68. The molecule has 4 N–H and O–H groups in total. The van der Waals surface area contributed by atoms with Gasteiger partial charge >= 0.3 is 0 Å². The summed E-state index contributed by atoms with van der Waals surface area (Å²) in [5, 5.41) is 26.7. The predicted molar refractivity (Wildman–Crippen MR) is 58.6 cm³/mol. The Morgan fingerprint density at radius 3 is 2.50 bits per heavy atom. The van der Waals surface area contributed by atoms with Crippen molar-refractivity contribution in [2.75, 3.05) is 31.8 Å². The third-order valence-electron chi connectivity index (χ3n) is 1.33. The topological polar surface area (TPSA) is 82.0 Å². The lowest BCUT2D eigenvalue weighted by molar-refractivity contribution is -0.0116. The highest BCUT2D eigenvalue weighted by molar-refractivity contribution is 8.76. The standard InChI is InChI=1S/C7H17NO4S2/c1-13-14-5-7(10)4-12-3-6(9)2-8-11/h6-11H,2-5H2,1H3. The van der Waals surface area contributed by atoms with Crippen molar-refractivity contribution in [1.29, 1.82) is 0 Å². The van der Waals surface area contributed by atoms with E-state index in [-0.39, 0.29) is 19.8 Å². The van der Waals surface area contributed by atoms with Crippen LogP contribution in [0.4, 0.5) is 0 Å². The highest BCUT2D eigenvalue weighted by Gasteiger charge is 2.07. The van der Waals surface area contributed by atoms with Crippen molar-refractivity contribution in [3.63, 3.8) is 0 Å². The molecule has 0 aliphatic carbocycles. The van der Waals surface area contributed by atoms with E-state index < -0.39 is 12.2 Å². The van der Waals surface area contributed by atoms with E-state index in [0.29, 0.717) is 5.75 Å². The van der Waals surface area contributed by atoms with E-state index in [9.17, 15) is 5.11 Å². The number of aliphatic hydroxyl groups is 2. The van der Waals surface area contributed by atoms with Gasteiger partial charge in [-0.15, -0.1) is 0 Å². The summed E-state index contributed by atoms with van der Waals surface area (Å²) in [6, 6.07) is 0. The van der Waals surface area contributed by atoms with Gasteiger partial charge in [0, 0.05) is 12.3 Å². The van der Waals surface area contributed by atoms with Gasteiger partial charge in [-0.3, -0.25) is 0 Å². The molecule has 0 aromatic rings. The Labute approximate surface area is 91.6 Å². The molecule has 2 unspecified atom stereocenters. The largest absolute Gasteiger partial charge is 0.390 e. The van der Waals surface area contributed by atoms with Gasteiger partial charge in [0.25, 0.3) is 0 Å². The number of hydrogen-bond donors (Lipinski definition) is 4. The number of nitrogens with one attached hydrogen (secondary N) is 1. The average Bonchev–Trinajstić information content (AvgIpc) is 2.15. The molecule has 5 nitrogen and oxygen atoms in total. The molecule has 0 aromatic carbocycles. The molecule has 2 atom stereocenters. The van der Waals surface area contributed by atoms with E-state index in [0.717, 1.165) is 0 Å². The molecule has 86 valence electrons. The molecule has 0 fully saturated rings. The molecular formula is C7H17NO4S2. The van der Waals surface area contributed by atoms with Crippen LogP contribution in [0.1, 0.15) is 0 Å². The van der Waals surface area contributed by atoms with Gasteiger partial charge in [-0.25, -0.2) is 5.48 Å². The van der Waals surface area contributed by atoms with Gasteiger partial charge in [0.15, 0.2) is 0 Å². The predicted octanol–water partition coefficient (Wildman–Crippen LogP) is -0.285. The average molecular weight is 243 g/mol. The van der Waals surface area contributed by atoms with Gasteiger partial charge < -0.3 is 20.2 Å². The smallest absolute Gasteiger partial charge is 0.0920 e. The Balaban J connectivity index is 3.25. The maximum Gasteiger partial charge on any atom is 0.0920 e. The second kappa shape index (κ2) is 10.0. The second-order valence-electron chi connectivity index (χ2n) is 2.66. The quantitative estimate of drug-likeness (QED) is 0.327. The van der Waals surface area contributed by atoms with Crippen LogP contribution in [0.2, 0.25) is 0 Å². The Bertz CT molecular complexity index is 130. The van der Waals surface area contributed by atoms with E-state index in [1.165, 1.54) is 0 Å². The summed E-state index contributed by atoms with van der Waals surface area (Å²) >= 11 is 0. The van der Waals surface area contributed by atoms with Gasteiger partial charge in [0.2, 0.25) is 0 Å². The summed E-state index contributed by atoms with van der Waals surface area (Å²) in [6.07, 6.45) is 0.677. The van der Waals surface area contributed by atoms with E-state index in [4.69, 9.17) is 15.1 Å². The van der Waals surface area contributed by atoms with Crippen molar-refractivity contribution in [2.45, 2.75) is 12.2 Å². The minimum Gasteiger partial charge on any atom is -0.390 e. The first-order valence-electron chi connectivity index (χ1n) is 4.17. The van der Waals surface area contributed by atoms with Crippen molar-refractivity contribution in [2.24, 2.45) is 0 Å². The van der Waals surface area contributed by atoms with Crippen molar-refractivity contribution in [3.8, 4) is 0 Å². The number of ether oxygens (including phenoxy) is 1. The minimum absolute atomic E-state index is 0.0651. The van der Waals surface area contributed by atoms with Gasteiger partial charge in [-0.2, -0.15) is 0 Å². The van der Waals surface area contributed by atoms with E-state index in [1.807, 2.05) is 11.7 Å². The van der Waals surface area contributed by atoms with Crippen LogP contribution in [-0.4, -0.2) is 59.4 Å². The Kier molecular flexibility index (Phi) is 10.4.